The first-order valence-corrected chi connectivity index (χ1v) is 14.3. The van der Waals surface area contributed by atoms with E-state index in [-0.39, 0.29) is 17.6 Å². The van der Waals surface area contributed by atoms with Crippen LogP contribution in [0.25, 0.3) is 11.0 Å². The Bertz CT molecular complexity index is 1750. The number of hydrogen-bond donors (Lipinski definition) is 2. The predicted molar refractivity (Wildman–Crippen MR) is 162 cm³/mol. The molecule has 0 bridgehead atoms. The number of carbonyl (C=O) groups excluding carboxylic acids is 2. The normalized spacial score (nSPS) is 13.7. The Kier molecular flexibility index (Phi) is 7.85. The van der Waals surface area contributed by atoms with E-state index >= 15 is 0 Å². The number of nitrogens with one attached hydrogen (secondary N) is 2. The number of para-hydroxylation sites is 2. The average molecular weight is 582 g/mol. The van der Waals surface area contributed by atoms with E-state index in [1.54, 1.807) is 49.5 Å². The van der Waals surface area contributed by atoms with Crippen LogP contribution in [0.1, 0.15) is 32.0 Å². The Labute approximate surface area is 246 Å². The molecule has 3 heterocycles. The number of nitrogens with zero attached hydrogens (tertiary/aromatic N) is 5. The van der Waals surface area contributed by atoms with Crippen LogP contribution in [0.5, 0.6) is 0 Å². The van der Waals surface area contributed by atoms with Crippen molar-refractivity contribution < 1.29 is 14.0 Å². The molecule has 1 fully saturated rings. The maximum absolute atomic E-state index is 13.4. The lowest BCUT2D eigenvalue weighted by Crippen LogP contribution is -2.48. The summed E-state index contributed by atoms with van der Waals surface area (Å²) in [5, 5.41) is 6.67. The van der Waals surface area contributed by atoms with Gasteiger partial charge in [-0.05, 0) is 66.5 Å². The zero-order valence-corrected chi connectivity index (χ0v) is 23.7. The molecular weight excluding hydrogens is 553 g/mol. The number of amides is 2. The van der Waals surface area contributed by atoms with Crippen molar-refractivity contribution >= 4 is 50.9 Å². The topological polar surface area (TPSA) is 103 Å². The Morgan fingerprint density at radius 2 is 1.71 bits per heavy atom. The number of halogens is 1. The molecule has 3 aromatic carbocycles. The third-order valence-corrected chi connectivity index (χ3v) is 7.98. The maximum Gasteiger partial charge on any atom is 0.260 e. The smallest absolute Gasteiger partial charge is 0.260 e. The fourth-order valence-corrected chi connectivity index (χ4v) is 5.72. The van der Waals surface area contributed by atoms with Crippen LogP contribution < -0.4 is 10.6 Å². The number of benzene rings is 3. The molecule has 2 amide bonds. The fourth-order valence-electron chi connectivity index (χ4n) is 4.92. The highest BCUT2D eigenvalue weighted by Crippen LogP contribution is 2.29. The highest BCUT2D eigenvalue weighted by molar-refractivity contribution is 7.10. The van der Waals surface area contributed by atoms with E-state index in [1.165, 1.54) is 23.7 Å². The minimum atomic E-state index is -0.337. The molecule has 0 unspecified atom stereocenters. The molecule has 1 saturated heterocycles. The molecule has 0 spiro atoms. The second-order valence-corrected chi connectivity index (χ2v) is 10.8. The van der Waals surface area contributed by atoms with Gasteiger partial charge in [-0.2, -0.15) is 4.37 Å². The van der Waals surface area contributed by atoms with Crippen molar-refractivity contribution in [1.29, 1.82) is 0 Å². The molecule has 42 heavy (non-hydrogen) atoms. The second kappa shape index (κ2) is 12.0. The third kappa shape index (κ3) is 6.12. The van der Waals surface area contributed by atoms with E-state index in [9.17, 15) is 14.0 Å². The summed E-state index contributed by atoms with van der Waals surface area (Å²) < 4.78 is 17.6. The second-order valence-electron chi connectivity index (χ2n) is 10.1. The van der Waals surface area contributed by atoms with Gasteiger partial charge in [0.2, 0.25) is 0 Å². The van der Waals surface area contributed by atoms with Gasteiger partial charge in [-0.25, -0.2) is 9.37 Å². The Balaban J connectivity index is 1.10. The maximum atomic E-state index is 13.4. The molecule has 2 aromatic heterocycles. The Hall–Kier alpha value is -4.74. The Morgan fingerprint density at radius 3 is 2.50 bits per heavy atom. The molecule has 6 rings (SSSR count). The number of hydrogen-bond acceptors (Lipinski definition) is 8. The van der Waals surface area contributed by atoms with Gasteiger partial charge < -0.3 is 15.5 Å². The molecule has 2 N–H and O–H groups in total. The lowest BCUT2D eigenvalue weighted by molar-refractivity contribution is 0.0628. The van der Waals surface area contributed by atoms with Crippen molar-refractivity contribution in [1.82, 2.24) is 24.1 Å². The molecule has 9 nitrogen and oxygen atoms in total. The van der Waals surface area contributed by atoms with Gasteiger partial charge in [-0.15, -0.1) is 0 Å². The molecule has 1 aliphatic heterocycles. The highest BCUT2D eigenvalue weighted by Gasteiger charge is 2.23. The van der Waals surface area contributed by atoms with Gasteiger partial charge in [0.05, 0.1) is 28.5 Å². The number of aryl methyl sites for hydroxylation is 1. The van der Waals surface area contributed by atoms with E-state index < -0.39 is 0 Å². The van der Waals surface area contributed by atoms with Gasteiger partial charge >= 0.3 is 0 Å². The summed E-state index contributed by atoms with van der Waals surface area (Å²) in [4.78, 5) is 39.7. The number of piperazine rings is 1. The van der Waals surface area contributed by atoms with E-state index in [0.29, 0.717) is 53.0 Å². The van der Waals surface area contributed by atoms with Gasteiger partial charge in [0.15, 0.2) is 0 Å². The standard InChI is InChI=1S/C31H28FN7O2S/c1-20-28(30(42-37-20)36-27-18-33-25-7-2-3-8-26(25)35-27)29(40)34-24-6-4-5-22(17-24)31(41)39-15-13-38(14-16-39)19-21-9-11-23(32)12-10-21/h2-12,17-18H,13-16,19H2,1H3,(H,34,40)(H,35,36). The summed E-state index contributed by atoms with van der Waals surface area (Å²) in [7, 11) is 0. The molecule has 1 aliphatic rings. The Morgan fingerprint density at radius 1 is 0.952 bits per heavy atom. The van der Waals surface area contributed by atoms with Crippen LogP contribution in [0, 0.1) is 12.7 Å². The van der Waals surface area contributed by atoms with Crippen LogP contribution in [0.15, 0.2) is 79.0 Å². The minimum absolute atomic E-state index is 0.0851. The van der Waals surface area contributed by atoms with Gasteiger partial charge in [0, 0.05) is 44.0 Å². The monoisotopic (exact) mass is 581 g/mol. The number of anilines is 3. The van der Waals surface area contributed by atoms with Crippen molar-refractivity contribution in [2.24, 2.45) is 0 Å². The number of fused-ring (bicyclic) bond motifs is 1. The first kappa shape index (κ1) is 27.4. The molecule has 5 aromatic rings. The van der Waals surface area contributed by atoms with Crippen LogP contribution >= 0.6 is 11.5 Å². The number of aromatic nitrogens is 3. The van der Waals surface area contributed by atoms with E-state index in [0.717, 1.165) is 29.7 Å². The van der Waals surface area contributed by atoms with Crippen molar-refractivity contribution in [3.8, 4) is 0 Å². The first-order chi connectivity index (χ1) is 20.4. The fraction of sp³-hybridized carbons (Fsp3) is 0.194. The molecular formula is C31H28FN7O2S. The third-order valence-electron chi connectivity index (χ3n) is 7.13. The molecule has 11 heteroatoms. The van der Waals surface area contributed by atoms with Crippen molar-refractivity contribution in [3.05, 3.63) is 107 Å². The van der Waals surface area contributed by atoms with Gasteiger partial charge in [0.25, 0.3) is 11.8 Å². The summed E-state index contributed by atoms with van der Waals surface area (Å²) in [6.07, 6.45) is 1.62. The molecule has 0 atom stereocenters. The first-order valence-electron chi connectivity index (χ1n) is 13.6. The summed E-state index contributed by atoms with van der Waals surface area (Å²) in [5.74, 6) is -0.158. The average Bonchev–Trinajstić information content (AvgIpc) is 3.38. The van der Waals surface area contributed by atoms with Gasteiger partial charge in [0.1, 0.15) is 16.6 Å². The zero-order valence-electron chi connectivity index (χ0n) is 22.9. The largest absolute Gasteiger partial charge is 0.336 e. The quantitative estimate of drug-likeness (QED) is 0.262. The van der Waals surface area contributed by atoms with Crippen LogP contribution in [0.2, 0.25) is 0 Å². The van der Waals surface area contributed by atoms with Crippen LogP contribution in [0.4, 0.5) is 20.9 Å². The molecule has 0 aliphatic carbocycles. The van der Waals surface area contributed by atoms with Gasteiger partial charge in [-0.3, -0.25) is 19.5 Å². The molecule has 212 valence electrons. The van der Waals surface area contributed by atoms with Gasteiger partial charge in [-0.1, -0.05) is 30.3 Å². The highest BCUT2D eigenvalue weighted by atomic mass is 32.1. The molecule has 0 saturated carbocycles. The number of carbonyl (C=O) groups is 2. The zero-order chi connectivity index (χ0) is 29.1. The SMILES string of the molecule is Cc1nsc(Nc2cnc3ccccc3n2)c1C(=O)Nc1cccc(C(=O)N2CCN(Cc3ccc(F)cc3)CC2)c1. The summed E-state index contributed by atoms with van der Waals surface area (Å²) in [6, 6.07) is 21.0. The van der Waals surface area contributed by atoms with Crippen molar-refractivity contribution in [2.45, 2.75) is 13.5 Å². The van der Waals surface area contributed by atoms with Crippen LogP contribution in [-0.4, -0.2) is 62.1 Å². The van der Waals surface area contributed by atoms with E-state index in [2.05, 4.69) is 29.9 Å². The van der Waals surface area contributed by atoms with Crippen LogP contribution in [-0.2, 0) is 6.54 Å². The summed E-state index contributed by atoms with van der Waals surface area (Å²) in [5.41, 5.74) is 4.57. The lowest BCUT2D eigenvalue weighted by atomic mass is 10.1. The lowest BCUT2D eigenvalue weighted by Gasteiger charge is -2.34. The summed E-state index contributed by atoms with van der Waals surface area (Å²) >= 11 is 1.17. The van der Waals surface area contributed by atoms with E-state index in [1.807, 2.05) is 29.2 Å². The van der Waals surface area contributed by atoms with Crippen LogP contribution in [0.3, 0.4) is 0 Å². The van der Waals surface area contributed by atoms with Crippen molar-refractivity contribution in [3.63, 3.8) is 0 Å². The summed E-state index contributed by atoms with van der Waals surface area (Å²) in [6.45, 7) is 5.11. The number of rotatable bonds is 7. The van der Waals surface area contributed by atoms with Crippen molar-refractivity contribution in [2.75, 3.05) is 36.8 Å². The predicted octanol–water partition coefficient (Wildman–Crippen LogP) is 5.49. The van der Waals surface area contributed by atoms with E-state index in [4.69, 9.17) is 0 Å². The minimum Gasteiger partial charge on any atom is -0.336 e. The molecule has 0 radical (unpaired) electrons.